The van der Waals surface area contributed by atoms with Crippen LogP contribution in [-0.4, -0.2) is 62.8 Å². The van der Waals surface area contributed by atoms with Crippen LogP contribution in [0.4, 0.5) is 5.82 Å². The number of fused-ring (bicyclic) bond motifs is 1. The molecule has 2 aromatic heterocycles. The van der Waals surface area contributed by atoms with E-state index in [4.69, 9.17) is 5.73 Å². The highest BCUT2D eigenvalue weighted by molar-refractivity contribution is 5.87. The molecule has 2 N–H and O–H groups in total. The maximum absolute atomic E-state index is 12.8. The van der Waals surface area contributed by atoms with Crippen molar-refractivity contribution in [1.29, 1.82) is 0 Å². The van der Waals surface area contributed by atoms with Gasteiger partial charge in [-0.15, -0.1) is 24.8 Å². The van der Waals surface area contributed by atoms with Crippen LogP contribution < -0.4 is 10.6 Å². The summed E-state index contributed by atoms with van der Waals surface area (Å²) < 4.78 is 1.76. The van der Waals surface area contributed by atoms with Gasteiger partial charge in [0.15, 0.2) is 5.65 Å². The summed E-state index contributed by atoms with van der Waals surface area (Å²) in [6.07, 6.45) is 7.33. The lowest BCUT2D eigenvalue weighted by Crippen LogP contribution is -2.51. The van der Waals surface area contributed by atoms with Crippen molar-refractivity contribution in [3.63, 3.8) is 0 Å². The van der Waals surface area contributed by atoms with Gasteiger partial charge in [0, 0.05) is 45.2 Å². The van der Waals surface area contributed by atoms with Crippen molar-refractivity contribution in [1.82, 2.24) is 24.6 Å². The van der Waals surface area contributed by atoms with Crippen molar-refractivity contribution in [3.8, 4) is 0 Å². The fourth-order valence-electron chi connectivity index (χ4n) is 4.05. The summed E-state index contributed by atoms with van der Waals surface area (Å²) in [5.41, 5.74) is 6.88. The molecule has 1 amide bonds. The second-order valence-corrected chi connectivity index (χ2v) is 7.14. The monoisotopic (exact) mass is 415 g/mol. The predicted octanol–water partition coefficient (Wildman–Crippen LogP) is 1.37. The fourth-order valence-corrected chi connectivity index (χ4v) is 4.05. The van der Waals surface area contributed by atoms with E-state index < -0.39 is 0 Å². The molecule has 2 unspecified atom stereocenters. The van der Waals surface area contributed by atoms with Crippen molar-refractivity contribution >= 4 is 47.6 Å². The van der Waals surface area contributed by atoms with Crippen molar-refractivity contribution in [2.75, 3.05) is 31.1 Å². The topological polar surface area (TPSA) is 93.2 Å². The highest BCUT2D eigenvalue weighted by Crippen LogP contribution is 2.27. The number of aryl methyl sites for hydroxylation is 1. The summed E-state index contributed by atoms with van der Waals surface area (Å²) in [7, 11) is 1.88. The van der Waals surface area contributed by atoms with Gasteiger partial charge >= 0.3 is 0 Å². The molecule has 27 heavy (non-hydrogen) atoms. The lowest BCUT2D eigenvalue weighted by molar-refractivity contribution is -0.137. The molecule has 0 aromatic carbocycles. The molecule has 0 spiro atoms. The van der Waals surface area contributed by atoms with Gasteiger partial charge in [0.1, 0.15) is 12.1 Å². The number of aromatic nitrogens is 4. The molecule has 2 aromatic rings. The van der Waals surface area contributed by atoms with Gasteiger partial charge < -0.3 is 15.5 Å². The minimum Gasteiger partial charge on any atom is -0.352 e. The zero-order chi connectivity index (χ0) is 17.4. The Morgan fingerprint density at radius 3 is 2.59 bits per heavy atom. The third-order valence-electron chi connectivity index (χ3n) is 5.46. The lowest BCUT2D eigenvalue weighted by atomic mass is 9.85. The molecule has 0 bridgehead atoms. The lowest BCUT2D eigenvalue weighted by Gasteiger charge is -2.38. The van der Waals surface area contributed by atoms with Crippen molar-refractivity contribution in [3.05, 3.63) is 12.5 Å². The molecule has 1 saturated carbocycles. The molecule has 1 aliphatic carbocycles. The number of piperazine rings is 1. The first-order valence-electron chi connectivity index (χ1n) is 9.05. The second kappa shape index (κ2) is 9.03. The number of nitrogens with zero attached hydrogens (tertiary/aromatic N) is 6. The van der Waals surface area contributed by atoms with Crippen molar-refractivity contribution in [2.24, 2.45) is 18.7 Å². The first-order chi connectivity index (χ1) is 12.1. The second-order valence-electron chi connectivity index (χ2n) is 7.14. The Kier molecular flexibility index (Phi) is 7.25. The average molecular weight is 416 g/mol. The molecule has 8 nitrogen and oxygen atoms in total. The van der Waals surface area contributed by atoms with E-state index in [1.54, 1.807) is 11.0 Å². The number of hydrogen-bond donors (Lipinski definition) is 1. The molecule has 10 heteroatoms. The summed E-state index contributed by atoms with van der Waals surface area (Å²) >= 11 is 0. The summed E-state index contributed by atoms with van der Waals surface area (Å²) in [5, 5.41) is 5.23. The first-order valence-corrected chi connectivity index (χ1v) is 9.05. The van der Waals surface area contributed by atoms with E-state index in [1.165, 1.54) is 0 Å². The van der Waals surface area contributed by atoms with E-state index in [0.717, 1.165) is 68.7 Å². The Balaban J connectivity index is 0.00000131. The Hall–Kier alpha value is -1.64. The molecule has 3 heterocycles. The smallest absolute Gasteiger partial charge is 0.225 e. The number of halogens is 2. The van der Waals surface area contributed by atoms with Gasteiger partial charge in [-0.1, -0.05) is 6.42 Å². The van der Waals surface area contributed by atoms with Gasteiger partial charge in [-0.3, -0.25) is 9.48 Å². The SMILES string of the molecule is Cl.Cl.Cn1ncc2c(N3CCN(C(=O)C4CCCC(N)C4)CC3)ncnc21. The largest absolute Gasteiger partial charge is 0.352 e. The normalized spacial score (nSPS) is 22.9. The zero-order valence-corrected chi connectivity index (χ0v) is 17.1. The van der Waals surface area contributed by atoms with Gasteiger partial charge in [0.25, 0.3) is 0 Å². The summed E-state index contributed by atoms with van der Waals surface area (Å²) in [6.45, 7) is 3.03. The Morgan fingerprint density at radius 1 is 1.15 bits per heavy atom. The molecule has 2 atom stereocenters. The van der Waals surface area contributed by atoms with E-state index in [1.807, 2.05) is 18.1 Å². The van der Waals surface area contributed by atoms with E-state index >= 15 is 0 Å². The molecule has 150 valence electrons. The van der Waals surface area contributed by atoms with Crippen LogP contribution in [0.1, 0.15) is 25.7 Å². The number of anilines is 1. The number of carbonyl (C=O) groups is 1. The van der Waals surface area contributed by atoms with E-state index in [-0.39, 0.29) is 42.7 Å². The summed E-state index contributed by atoms with van der Waals surface area (Å²) in [4.78, 5) is 25.7. The standard InChI is InChI=1S/C17H25N7O.2ClH/c1-22-15-14(10-21-22)16(20-11-19-15)23-5-7-24(8-6-23)17(25)12-3-2-4-13(18)9-12;;/h10-13H,2-9,18H2,1H3;2*1H. The number of hydrogen-bond acceptors (Lipinski definition) is 6. The van der Waals surface area contributed by atoms with Crippen LogP contribution in [0.2, 0.25) is 0 Å². The van der Waals surface area contributed by atoms with Gasteiger partial charge in [-0.2, -0.15) is 5.10 Å². The van der Waals surface area contributed by atoms with E-state index in [9.17, 15) is 4.79 Å². The summed E-state index contributed by atoms with van der Waals surface area (Å²) in [6, 6.07) is 0.184. The van der Waals surface area contributed by atoms with E-state index in [2.05, 4.69) is 20.0 Å². The Labute approximate surface area is 171 Å². The van der Waals surface area contributed by atoms with Crippen LogP contribution in [0.15, 0.2) is 12.5 Å². The summed E-state index contributed by atoms with van der Waals surface area (Å²) in [5.74, 6) is 1.30. The van der Waals surface area contributed by atoms with Gasteiger partial charge in [0.05, 0.1) is 11.6 Å². The Bertz CT molecular complexity index is 776. The number of nitrogens with two attached hydrogens (primary N) is 1. The molecule has 1 aliphatic heterocycles. The van der Waals surface area contributed by atoms with Crippen molar-refractivity contribution in [2.45, 2.75) is 31.7 Å². The number of rotatable bonds is 2. The van der Waals surface area contributed by atoms with Crippen LogP contribution in [0, 0.1) is 5.92 Å². The first kappa shape index (κ1) is 21.7. The van der Waals surface area contributed by atoms with Crippen LogP contribution in [0.25, 0.3) is 11.0 Å². The molecule has 1 saturated heterocycles. The third kappa shape index (κ3) is 4.28. The Morgan fingerprint density at radius 2 is 1.89 bits per heavy atom. The molecule has 4 rings (SSSR count). The minimum atomic E-state index is 0. The van der Waals surface area contributed by atoms with Crippen LogP contribution >= 0.6 is 24.8 Å². The highest BCUT2D eigenvalue weighted by Gasteiger charge is 2.31. The maximum Gasteiger partial charge on any atom is 0.225 e. The minimum absolute atomic E-state index is 0. The fraction of sp³-hybridized carbons (Fsp3) is 0.647. The molecule has 0 radical (unpaired) electrons. The molecular weight excluding hydrogens is 389 g/mol. The van der Waals surface area contributed by atoms with Crippen LogP contribution in [0.5, 0.6) is 0 Å². The molecular formula is C17H27Cl2N7O. The van der Waals surface area contributed by atoms with E-state index in [0.29, 0.717) is 0 Å². The third-order valence-corrected chi connectivity index (χ3v) is 5.46. The number of amides is 1. The van der Waals surface area contributed by atoms with Crippen LogP contribution in [-0.2, 0) is 11.8 Å². The van der Waals surface area contributed by atoms with Crippen molar-refractivity contribution < 1.29 is 4.79 Å². The highest BCUT2D eigenvalue weighted by atomic mass is 35.5. The van der Waals surface area contributed by atoms with Gasteiger partial charge in [-0.05, 0) is 19.3 Å². The van der Waals surface area contributed by atoms with Gasteiger partial charge in [0.2, 0.25) is 5.91 Å². The maximum atomic E-state index is 12.8. The quantitative estimate of drug-likeness (QED) is 0.795. The molecule has 2 fully saturated rings. The average Bonchev–Trinajstić information content (AvgIpc) is 3.03. The van der Waals surface area contributed by atoms with Crippen LogP contribution in [0.3, 0.4) is 0 Å². The number of carbonyl (C=O) groups excluding carboxylic acids is 1. The molecule has 2 aliphatic rings. The van der Waals surface area contributed by atoms with Gasteiger partial charge in [-0.25, -0.2) is 9.97 Å². The predicted molar refractivity (Wildman–Crippen MR) is 110 cm³/mol. The zero-order valence-electron chi connectivity index (χ0n) is 15.5.